The maximum atomic E-state index is 12.6. The van der Waals surface area contributed by atoms with E-state index >= 15 is 0 Å². The Balaban J connectivity index is 1.71. The molecule has 6 heteroatoms. The number of methoxy groups -OCH3 is 1. The first kappa shape index (κ1) is 17.5. The average Bonchev–Trinajstić information content (AvgIpc) is 3.04. The standard InChI is InChI=1S/C19H25N3O3/c1-12-6-7-15-16(9-12)21-18(20-15)14-5-4-8-22(11-14)19(24)13(2)10-17(23)25-3/h6-7,9,13-14H,4-5,8,10-11H2,1-3H3,(H,20,21). The number of rotatable bonds is 4. The number of aromatic nitrogens is 2. The van der Waals surface area contributed by atoms with Gasteiger partial charge in [-0.2, -0.15) is 0 Å². The third-order valence-corrected chi connectivity index (χ3v) is 4.90. The number of esters is 1. The summed E-state index contributed by atoms with van der Waals surface area (Å²) in [5.41, 5.74) is 3.19. The van der Waals surface area contributed by atoms with E-state index in [0.29, 0.717) is 6.54 Å². The zero-order valence-corrected chi connectivity index (χ0v) is 15.0. The van der Waals surface area contributed by atoms with Crippen molar-refractivity contribution in [1.29, 1.82) is 0 Å². The van der Waals surface area contributed by atoms with Gasteiger partial charge in [-0.15, -0.1) is 0 Å². The molecule has 25 heavy (non-hydrogen) atoms. The number of nitrogens with zero attached hydrogens (tertiary/aromatic N) is 2. The van der Waals surface area contributed by atoms with Crippen molar-refractivity contribution in [3.63, 3.8) is 0 Å². The molecule has 3 rings (SSSR count). The van der Waals surface area contributed by atoms with Crippen molar-refractivity contribution in [2.45, 2.75) is 39.0 Å². The summed E-state index contributed by atoms with van der Waals surface area (Å²) < 4.78 is 4.67. The zero-order valence-electron chi connectivity index (χ0n) is 15.0. The molecule has 0 aliphatic carbocycles. The Labute approximate surface area is 147 Å². The Bertz CT molecular complexity index is 783. The van der Waals surface area contributed by atoms with Gasteiger partial charge in [0, 0.05) is 24.9 Å². The lowest BCUT2D eigenvalue weighted by Crippen LogP contribution is -2.42. The Morgan fingerprint density at radius 1 is 1.44 bits per heavy atom. The van der Waals surface area contributed by atoms with Crippen LogP contribution in [0.3, 0.4) is 0 Å². The van der Waals surface area contributed by atoms with Gasteiger partial charge in [-0.05, 0) is 37.5 Å². The normalized spacial score (nSPS) is 19.0. The number of ether oxygens (including phenoxy) is 1. The van der Waals surface area contributed by atoms with Crippen LogP contribution in [-0.4, -0.2) is 46.9 Å². The molecule has 0 saturated carbocycles. The number of benzene rings is 1. The van der Waals surface area contributed by atoms with Crippen molar-refractivity contribution in [2.24, 2.45) is 5.92 Å². The predicted molar refractivity (Wildman–Crippen MR) is 95.2 cm³/mol. The first-order chi connectivity index (χ1) is 12.0. The number of piperidine rings is 1. The summed E-state index contributed by atoms with van der Waals surface area (Å²) >= 11 is 0. The second kappa shape index (κ2) is 7.25. The number of amides is 1. The quantitative estimate of drug-likeness (QED) is 0.866. The van der Waals surface area contributed by atoms with E-state index in [0.717, 1.165) is 36.2 Å². The Morgan fingerprint density at radius 2 is 2.24 bits per heavy atom. The van der Waals surface area contributed by atoms with Gasteiger partial charge < -0.3 is 14.6 Å². The minimum atomic E-state index is -0.357. The SMILES string of the molecule is COC(=O)CC(C)C(=O)N1CCCC(c2nc3ccc(C)cc3[nH]2)C1. The molecule has 2 heterocycles. The van der Waals surface area contributed by atoms with Crippen LogP contribution in [-0.2, 0) is 14.3 Å². The Morgan fingerprint density at radius 3 is 3.00 bits per heavy atom. The van der Waals surface area contributed by atoms with Crippen LogP contribution >= 0.6 is 0 Å². The molecule has 2 aromatic rings. The van der Waals surface area contributed by atoms with Gasteiger partial charge in [-0.25, -0.2) is 4.98 Å². The van der Waals surface area contributed by atoms with Crippen molar-refractivity contribution in [3.8, 4) is 0 Å². The summed E-state index contributed by atoms with van der Waals surface area (Å²) in [6.07, 6.45) is 2.08. The highest BCUT2D eigenvalue weighted by Crippen LogP contribution is 2.28. The van der Waals surface area contributed by atoms with E-state index in [1.807, 2.05) is 11.0 Å². The topological polar surface area (TPSA) is 75.3 Å². The maximum absolute atomic E-state index is 12.6. The lowest BCUT2D eigenvalue weighted by molar-refractivity contribution is -0.146. The smallest absolute Gasteiger partial charge is 0.306 e. The van der Waals surface area contributed by atoms with Crippen molar-refractivity contribution in [2.75, 3.05) is 20.2 Å². The number of hydrogen-bond acceptors (Lipinski definition) is 4. The van der Waals surface area contributed by atoms with Gasteiger partial charge in [0.2, 0.25) is 5.91 Å². The molecule has 1 aromatic heterocycles. The molecule has 1 fully saturated rings. The second-order valence-corrected chi connectivity index (χ2v) is 6.95. The zero-order chi connectivity index (χ0) is 18.0. The lowest BCUT2D eigenvalue weighted by atomic mass is 9.95. The number of imidazole rings is 1. The van der Waals surface area contributed by atoms with Crippen LogP contribution in [0, 0.1) is 12.8 Å². The summed E-state index contributed by atoms with van der Waals surface area (Å²) in [5, 5.41) is 0. The average molecular weight is 343 g/mol. The first-order valence-electron chi connectivity index (χ1n) is 8.79. The third-order valence-electron chi connectivity index (χ3n) is 4.90. The fourth-order valence-electron chi connectivity index (χ4n) is 3.47. The Kier molecular flexibility index (Phi) is 5.06. The lowest BCUT2D eigenvalue weighted by Gasteiger charge is -2.33. The molecule has 0 bridgehead atoms. The highest BCUT2D eigenvalue weighted by Gasteiger charge is 2.30. The fourth-order valence-corrected chi connectivity index (χ4v) is 3.47. The number of fused-ring (bicyclic) bond motifs is 1. The number of carbonyl (C=O) groups excluding carboxylic acids is 2. The van der Waals surface area contributed by atoms with Crippen LogP contribution in [0.2, 0.25) is 0 Å². The summed E-state index contributed by atoms with van der Waals surface area (Å²) in [5.74, 6) is 0.461. The van der Waals surface area contributed by atoms with E-state index in [-0.39, 0.29) is 30.1 Å². The maximum Gasteiger partial charge on any atom is 0.306 e. The summed E-state index contributed by atoms with van der Waals surface area (Å²) in [7, 11) is 1.35. The van der Waals surface area contributed by atoms with Gasteiger partial charge in [-0.3, -0.25) is 9.59 Å². The summed E-state index contributed by atoms with van der Waals surface area (Å²) in [6, 6.07) is 6.17. The van der Waals surface area contributed by atoms with Crippen molar-refractivity contribution in [1.82, 2.24) is 14.9 Å². The van der Waals surface area contributed by atoms with E-state index in [9.17, 15) is 9.59 Å². The highest BCUT2D eigenvalue weighted by molar-refractivity contribution is 5.83. The number of H-pyrrole nitrogens is 1. The molecule has 134 valence electrons. The minimum absolute atomic E-state index is 0.0158. The molecular formula is C19H25N3O3. The van der Waals surface area contributed by atoms with E-state index in [1.165, 1.54) is 12.7 Å². The first-order valence-corrected chi connectivity index (χ1v) is 8.79. The number of aromatic amines is 1. The van der Waals surface area contributed by atoms with Gasteiger partial charge in [0.15, 0.2) is 0 Å². The number of hydrogen-bond donors (Lipinski definition) is 1. The largest absolute Gasteiger partial charge is 0.469 e. The molecule has 2 unspecified atom stereocenters. The van der Waals surface area contributed by atoms with Gasteiger partial charge in [0.1, 0.15) is 5.82 Å². The molecule has 0 radical (unpaired) electrons. The molecule has 2 atom stereocenters. The number of carbonyl (C=O) groups is 2. The van der Waals surface area contributed by atoms with Crippen LogP contribution in [0.25, 0.3) is 11.0 Å². The molecule has 1 N–H and O–H groups in total. The molecule has 1 aromatic carbocycles. The third kappa shape index (κ3) is 3.83. The van der Waals surface area contributed by atoms with E-state index in [2.05, 4.69) is 28.8 Å². The van der Waals surface area contributed by atoms with Gasteiger partial charge in [-0.1, -0.05) is 13.0 Å². The summed E-state index contributed by atoms with van der Waals surface area (Å²) in [4.78, 5) is 34.0. The van der Waals surface area contributed by atoms with Gasteiger partial charge in [0.25, 0.3) is 0 Å². The van der Waals surface area contributed by atoms with Crippen LogP contribution in [0.15, 0.2) is 18.2 Å². The molecule has 1 aliphatic rings. The molecule has 1 saturated heterocycles. The van der Waals surface area contributed by atoms with E-state index < -0.39 is 0 Å². The molecule has 0 spiro atoms. The number of nitrogens with one attached hydrogen (secondary N) is 1. The molecule has 1 aliphatic heterocycles. The van der Waals surface area contributed by atoms with Crippen molar-refractivity contribution in [3.05, 3.63) is 29.6 Å². The Hall–Kier alpha value is -2.37. The van der Waals surface area contributed by atoms with Crippen LogP contribution in [0.1, 0.15) is 43.5 Å². The van der Waals surface area contributed by atoms with Crippen molar-refractivity contribution >= 4 is 22.9 Å². The van der Waals surface area contributed by atoms with Crippen LogP contribution in [0.5, 0.6) is 0 Å². The predicted octanol–water partition coefficient (Wildman–Crippen LogP) is 2.78. The molecular weight excluding hydrogens is 318 g/mol. The van der Waals surface area contributed by atoms with E-state index in [1.54, 1.807) is 6.92 Å². The second-order valence-electron chi connectivity index (χ2n) is 6.95. The van der Waals surface area contributed by atoms with Gasteiger partial charge >= 0.3 is 5.97 Å². The fraction of sp³-hybridized carbons (Fsp3) is 0.526. The van der Waals surface area contributed by atoms with Crippen LogP contribution < -0.4 is 0 Å². The van der Waals surface area contributed by atoms with Crippen molar-refractivity contribution < 1.29 is 14.3 Å². The highest BCUT2D eigenvalue weighted by atomic mass is 16.5. The number of likely N-dealkylation sites (tertiary alicyclic amines) is 1. The summed E-state index contributed by atoms with van der Waals surface area (Å²) in [6.45, 7) is 5.22. The van der Waals surface area contributed by atoms with Gasteiger partial charge in [0.05, 0.1) is 24.6 Å². The number of aryl methyl sites for hydroxylation is 1. The molecule has 6 nitrogen and oxygen atoms in total. The van der Waals surface area contributed by atoms with E-state index in [4.69, 9.17) is 4.98 Å². The van der Waals surface area contributed by atoms with Crippen LogP contribution in [0.4, 0.5) is 0 Å². The monoisotopic (exact) mass is 343 g/mol. The minimum Gasteiger partial charge on any atom is -0.469 e. The molecule has 1 amide bonds.